The first-order chi connectivity index (χ1) is 10.0. The van der Waals surface area contributed by atoms with Crippen LogP contribution in [0.4, 0.5) is 10.5 Å². The summed E-state index contributed by atoms with van der Waals surface area (Å²) in [6, 6.07) is 7.69. The summed E-state index contributed by atoms with van der Waals surface area (Å²) in [6.45, 7) is 0.780. The van der Waals surface area contributed by atoms with Crippen LogP contribution in [-0.2, 0) is 11.3 Å². The molecule has 0 saturated heterocycles. The van der Waals surface area contributed by atoms with Crippen LogP contribution in [0.15, 0.2) is 24.3 Å². The average molecular weight is 290 g/mol. The van der Waals surface area contributed by atoms with E-state index < -0.39 is 0 Å². The molecule has 0 aliphatic heterocycles. The van der Waals surface area contributed by atoms with Crippen molar-refractivity contribution in [1.29, 1.82) is 0 Å². The van der Waals surface area contributed by atoms with Crippen molar-refractivity contribution in [1.82, 2.24) is 15.5 Å². The first-order valence-corrected chi connectivity index (χ1v) is 7.11. The highest BCUT2D eigenvalue weighted by Gasteiger charge is 2.22. The van der Waals surface area contributed by atoms with Crippen LogP contribution in [0.25, 0.3) is 0 Å². The molecule has 3 N–H and O–H groups in total. The lowest BCUT2D eigenvalue weighted by molar-refractivity contribution is -0.116. The van der Waals surface area contributed by atoms with Gasteiger partial charge >= 0.3 is 6.03 Å². The number of benzene rings is 1. The molecule has 1 aliphatic carbocycles. The number of anilines is 1. The monoisotopic (exact) mass is 290 g/mol. The summed E-state index contributed by atoms with van der Waals surface area (Å²) >= 11 is 0. The number of nitrogens with one attached hydrogen (secondary N) is 3. The van der Waals surface area contributed by atoms with E-state index in [1.807, 2.05) is 43.3 Å². The van der Waals surface area contributed by atoms with E-state index in [9.17, 15) is 9.59 Å². The third-order valence-corrected chi connectivity index (χ3v) is 3.04. The van der Waals surface area contributed by atoms with Gasteiger partial charge in [0.05, 0.1) is 6.54 Å². The van der Waals surface area contributed by atoms with Crippen LogP contribution >= 0.6 is 0 Å². The molecule has 1 saturated carbocycles. The third-order valence-electron chi connectivity index (χ3n) is 3.04. The van der Waals surface area contributed by atoms with Crippen molar-refractivity contribution < 1.29 is 9.59 Å². The molecule has 1 aromatic rings. The molecule has 6 heteroatoms. The number of carbonyl (C=O) groups is 2. The zero-order chi connectivity index (χ0) is 15.2. The molecular formula is C15H22N4O2. The second-order valence-corrected chi connectivity index (χ2v) is 5.59. The molecule has 114 valence electrons. The van der Waals surface area contributed by atoms with Crippen LogP contribution in [0.5, 0.6) is 0 Å². The molecule has 0 heterocycles. The topological polar surface area (TPSA) is 73.5 Å². The Morgan fingerprint density at radius 1 is 1.29 bits per heavy atom. The van der Waals surface area contributed by atoms with Gasteiger partial charge < -0.3 is 20.9 Å². The first-order valence-electron chi connectivity index (χ1n) is 7.11. The lowest BCUT2D eigenvalue weighted by atomic mass is 10.2. The van der Waals surface area contributed by atoms with Gasteiger partial charge in [-0.3, -0.25) is 4.79 Å². The minimum atomic E-state index is -0.139. The van der Waals surface area contributed by atoms with Gasteiger partial charge in [0.1, 0.15) is 0 Å². The van der Waals surface area contributed by atoms with Crippen LogP contribution in [0.1, 0.15) is 18.4 Å². The first kappa shape index (κ1) is 15.3. The van der Waals surface area contributed by atoms with Gasteiger partial charge in [0, 0.05) is 18.3 Å². The van der Waals surface area contributed by atoms with E-state index in [1.165, 1.54) is 0 Å². The fourth-order valence-corrected chi connectivity index (χ4v) is 1.89. The van der Waals surface area contributed by atoms with Crippen molar-refractivity contribution >= 4 is 17.6 Å². The lowest BCUT2D eigenvalue weighted by Gasteiger charge is -2.11. The highest BCUT2D eigenvalue weighted by atomic mass is 16.2. The maximum atomic E-state index is 11.7. The smallest absolute Gasteiger partial charge is 0.315 e. The van der Waals surface area contributed by atoms with Crippen molar-refractivity contribution in [3.63, 3.8) is 0 Å². The standard InChI is InChI=1S/C15H22N4O2/c1-19(2)10-14(20)17-13-5-3-4-11(8-13)9-16-15(21)18-12-6-7-12/h3-5,8,12H,6-7,9-10H2,1-2H3,(H,17,20)(H2,16,18,21). The summed E-state index contributed by atoms with van der Waals surface area (Å²) in [6.07, 6.45) is 2.14. The van der Waals surface area contributed by atoms with Crippen LogP contribution in [0.3, 0.4) is 0 Å². The van der Waals surface area contributed by atoms with E-state index in [0.29, 0.717) is 19.1 Å². The Bertz CT molecular complexity index is 512. The van der Waals surface area contributed by atoms with Gasteiger partial charge in [-0.05, 0) is 44.6 Å². The Hall–Kier alpha value is -2.08. The average Bonchev–Trinajstić information content (AvgIpc) is 3.19. The lowest BCUT2D eigenvalue weighted by Crippen LogP contribution is -2.36. The molecule has 21 heavy (non-hydrogen) atoms. The molecule has 0 atom stereocenters. The molecular weight excluding hydrogens is 268 g/mol. The molecule has 1 aliphatic rings. The number of rotatable bonds is 6. The third kappa shape index (κ3) is 5.83. The molecule has 3 amide bonds. The molecule has 1 aromatic carbocycles. The van der Waals surface area contributed by atoms with Crippen LogP contribution in [0.2, 0.25) is 0 Å². The maximum absolute atomic E-state index is 11.7. The molecule has 1 fully saturated rings. The Labute approximate surface area is 124 Å². The number of hydrogen-bond donors (Lipinski definition) is 3. The molecule has 6 nitrogen and oxygen atoms in total. The molecule has 0 spiro atoms. The van der Waals surface area contributed by atoms with Gasteiger partial charge in [-0.15, -0.1) is 0 Å². The number of likely N-dealkylation sites (N-methyl/N-ethyl adjacent to an activating group) is 1. The zero-order valence-corrected chi connectivity index (χ0v) is 12.5. The van der Waals surface area contributed by atoms with Crippen LogP contribution in [0, 0.1) is 0 Å². The van der Waals surface area contributed by atoms with E-state index >= 15 is 0 Å². The Morgan fingerprint density at radius 3 is 2.71 bits per heavy atom. The highest BCUT2D eigenvalue weighted by Crippen LogP contribution is 2.18. The second kappa shape index (κ2) is 7.08. The number of carbonyl (C=O) groups excluding carboxylic acids is 2. The van der Waals surface area contributed by atoms with Gasteiger partial charge in [0.2, 0.25) is 5.91 Å². The van der Waals surface area contributed by atoms with Crippen molar-refractivity contribution in [3.05, 3.63) is 29.8 Å². The highest BCUT2D eigenvalue weighted by molar-refractivity contribution is 5.92. The minimum Gasteiger partial charge on any atom is -0.335 e. The fourth-order valence-electron chi connectivity index (χ4n) is 1.89. The summed E-state index contributed by atoms with van der Waals surface area (Å²) in [5, 5.41) is 8.51. The molecule has 0 bridgehead atoms. The summed E-state index contributed by atoms with van der Waals surface area (Å²) < 4.78 is 0. The van der Waals surface area contributed by atoms with Gasteiger partial charge in [0.25, 0.3) is 0 Å². The van der Waals surface area contributed by atoms with E-state index in [0.717, 1.165) is 24.1 Å². The van der Waals surface area contributed by atoms with Crippen molar-refractivity contribution in [2.75, 3.05) is 26.0 Å². The summed E-state index contributed by atoms with van der Waals surface area (Å²) in [4.78, 5) is 25.1. The van der Waals surface area contributed by atoms with Crippen LogP contribution in [-0.4, -0.2) is 43.5 Å². The quantitative estimate of drug-likeness (QED) is 0.736. The van der Waals surface area contributed by atoms with Crippen molar-refractivity contribution in [2.24, 2.45) is 0 Å². The predicted molar refractivity (Wildman–Crippen MR) is 82.0 cm³/mol. The molecule has 0 radical (unpaired) electrons. The largest absolute Gasteiger partial charge is 0.335 e. The normalized spacial score (nSPS) is 13.9. The fraction of sp³-hybridized carbons (Fsp3) is 0.467. The van der Waals surface area contributed by atoms with Gasteiger partial charge in [-0.1, -0.05) is 12.1 Å². The minimum absolute atomic E-state index is 0.0587. The Kier molecular flexibility index (Phi) is 5.16. The zero-order valence-electron chi connectivity index (χ0n) is 12.5. The Balaban J connectivity index is 1.82. The Morgan fingerprint density at radius 2 is 2.05 bits per heavy atom. The van der Waals surface area contributed by atoms with E-state index in [2.05, 4.69) is 16.0 Å². The van der Waals surface area contributed by atoms with E-state index in [-0.39, 0.29) is 11.9 Å². The van der Waals surface area contributed by atoms with Crippen LogP contribution < -0.4 is 16.0 Å². The number of nitrogens with zero attached hydrogens (tertiary/aromatic N) is 1. The summed E-state index contributed by atoms with van der Waals surface area (Å²) in [5.41, 5.74) is 1.69. The molecule has 0 aromatic heterocycles. The maximum Gasteiger partial charge on any atom is 0.315 e. The van der Waals surface area contributed by atoms with Crippen molar-refractivity contribution in [3.8, 4) is 0 Å². The summed E-state index contributed by atoms with van der Waals surface area (Å²) in [7, 11) is 3.69. The number of urea groups is 1. The van der Waals surface area contributed by atoms with Crippen molar-refractivity contribution in [2.45, 2.75) is 25.4 Å². The number of hydrogen-bond acceptors (Lipinski definition) is 3. The van der Waals surface area contributed by atoms with Gasteiger partial charge in [-0.25, -0.2) is 4.79 Å². The SMILES string of the molecule is CN(C)CC(=O)Nc1cccc(CNC(=O)NC2CC2)c1. The van der Waals surface area contributed by atoms with E-state index in [4.69, 9.17) is 0 Å². The van der Waals surface area contributed by atoms with Gasteiger partial charge in [0.15, 0.2) is 0 Å². The van der Waals surface area contributed by atoms with Gasteiger partial charge in [-0.2, -0.15) is 0 Å². The number of amides is 3. The predicted octanol–water partition coefficient (Wildman–Crippen LogP) is 1.15. The van der Waals surface area contributed by atoms with E-state index in [1.54, 1.807) is 0 Å². The second-order valence-electron chi connectivity index (χ2n) is 5.59. The molecule has 2 rings (SSSR count). The molecule has 0 unspecified atom stereocenters. The summed E-state index contributed by atoms with van der Waals surface area (Å²) in [5.74, 6) is -0.0587.